The summed E-state index contributed by atoms with van der Waals surface area (Å²) in [6.45, 7) is 1.33. The predicted molar refractivity (Wildman–Crippen MR) is 109 cm³/mol. The number of ether oxygens (including phenoxy) is 1. The highest BCUT2D eigenvalue weighted by atomic mass is 35.5. The number of carbonyl (C=O) groups is 2. The summed E-state index contributed by atoms with van der Waals surface area (Å²) in [7, 11) is 0. The Morgan fingerprint density at radius 1 is 1.03 bits per heavy atom. The van der Waals surface area contributed by atoms with Gasteiger partial charge < -0.3 is 10.1 Å². The van der Waals surface area contributed by atoms with E-state index in [9.17, 15) is 19.7 Å². The summed E-state index contributed by atoms with van der Waals surface area (Å²) in [5.74, 6) is -0.301. The Kier molecular flexibility index (Phi) is 5.90. The summed E-state index contributed by atoms with van der Waals surface area (Å²) < 4.78 is 5.58. The maximum atomic E-state index is 12.3. The lowest BCUT2D eigenvalue weighted by Crippen LogP contribution is -2.12. The summed E-state index contributed by atoms with van der Waals surface area (Å²) in [6.07, 6.45) is 0. The fourth-order valence-corrected chi connectivity index (χ4v) is 2.76. The number of nitrogens with zero attached hydrogens (tertiary/aromatic N) is 1. The highest BCUT2D eigenvalue weighted by molar-refractivity contribution is 6.34. The first kappa shape index (κ1) is 20.0. The molecule has 0 saturated heterocycles. The number of nitrogens with one attached hydrogen (secondary N) is 1. The number of nitro benzene ring substituents is 1. The molecule has 3 aromatic rings. The topological polar surface area (TPSA) is 98.5 Å². The first-order valence-electron chi connectivity index (χ1n) is 8.48. The molecule has 0 heterocycles. The molecule has 0 bridgehead atoms. The fraction of sp³-hybridized carbons (Fsp3) is 0.0476. The molecule has 0 saturated carbocycles. The van der Waals surface area contributed by atoms with Crippen molar-refractivity contribution in [2.24, 2.45) is 0 Å². The lowest BCUT2D eigenvalue weighted by molar-refractivity contribution is -0.385. The van der Waals surface area contributed by atoms with E-state index in [1.54, 1.807) is 48.5 Å². The number of hydrogen-bond acceptors (Lipinski definition) is 5. The molecule has 3 rings (SSSR count). The normalized spacial score (nSPS) is 10.3. The zero-order valence-corrected chi connectivity index (χ0v) is 16.0. The average Bonchev–Trinajstić information content (AvgIpc) is 2.69. The van der Waals surface area contributed by atoms with Gasteiger partial charge in [-0.2, -0.15) is 0 Å². The summed E-state index contributed by atoms with van der Waals surface area (Å²) in [5.41, 5.74) is 0.759. The first-order chi connectivity index (χ1) is 13.8. The molecule has 0 aromatic heterocycles. The summed E-state index contributed by atoms with van der Waals surface area (Å²) in [4.78, 5) is 34.4. The van der Waals surface area contributed by atoms with Crippen LogP contribution in [0.4, 0.5) is 11.4 Å². The Balaban J connectivity index is 1.76. The first-order valence-corrected chi connectivity index (χ1v) is 8.86. The van der Waals surface area contributed by atoms with Gasteiger partial charge in [0.1, 0.15) is 5.75 Å². The smallest absolute Gasteiger partial charge is 0.312 e. The van der Waals surface area contributed by atoms with E-state index >= 15 is 0 Å². The zero-order valence-electron chi connectivity index (χ0n) is 15.2. The monoisotopic (exact) mass is 410 g/mol. The minimum Gasteiger partial charge on any atom is -0.450 e. The van der Waals surface area contributed by atoms with Gasteiger partial charge in [0.2, 0.25) is 5.75 Å². The van der Waals surface area contributed by atoms with Crippen molar-refractivity contribution in [1.29, 1.82) is 0 Å². The molecule has 146 valence electrons. The van der Waals surface area contributed by atoms with Crippen molar-refractivity contribution in [1.82, 2.24) is 0 Å². The third-order valence-corrected chi connectivity index (χ3v) is 4.35. The van der Waals surface area contributed by atoms with Crippen molar-refractivity contribution in [2.45, 2.75) is 6.92 Å². The van der Waals surface area contributed by atoms with Crippen molar-refractivity contribution in [2.75, 3.05) is 5.32 Å². The standard InChI is InChI=1S/C21H15ClN2O5/c1-13(25)14-6-11-20(19(12-14)24(27)28)29-16-9-7-15(8-10-16)23-21(26)17-4-2-3-5-18(17)22/h2-12H,1H3,(H,23,26). The number of hydrogen-bond donors (Lipinski definition) is 1. The molecule has 0 aliphatic carbocycles. The van der Waals surface area contributed by atoms with Gasteiger partial charge in [-0.05, 0) is 55.5 Å². The number of amides is 1. The number of rotatable bonds is 6. The highest BCUT2D eigenvalue weighted by Gasteiger charge is 2.18. The lowest BCUT2D eigenvalue weighted by Gasteiger charge is -2.09. The van der Waals surface area contributed by atoms with Gasteiger partial charge in [0, 0.05) is 17.3 Å². The minimum atomic E-state index is -0.611. The predicted octanol–water partition coefficient (Wildman–Crippen LogP) is 5.50. The molecule has 0 atom stereocenters. The van der Waals surface area contributed by atoms with Crippen LogP contribution in [0.2, 0.25) is 5.02 Å². The largest absolute Gasteiger partial charge is 0.450 e. The van der Waals surface area contributed by atoms with Crippen LogP contribution in [0.5, 0.6) is 11.5 Å². The summed E-state index contributed by atoms with van der Waals surface area (Å²) in [6, 6.07) is 17.0. The zero-order chi connectivity index (χ0) is 21.0. The summed E-state index contributed by atoms with van der Waals surface area (Å²) >= 11 is 6.01. The van der Waals surface area contributed by atoms with E-state index in [0.29, 0.717) is 22.0 Å². The average molecular weight is 411 g/mol. The van der Waals surface area contributed by atoms with Crippen LogP contribution in [-0.2, 0) is 0 Å². The third-order valence-electron chi connectivity index (χ3n) is 4.02. The van der Waals surface area contributed by atoms with Gasteiger partial charge in [-0.1, -0.05) is 23.7 Å². The van der Waals surface area contributed by atoms with Crippen LogP contribution in [0, 0.1) is 10.1 Å². The van der Waals surface area contributed by atoms with Crippen LogP contribution >= 0.6 is 11.6 Å². The maximum absolute atomic E-state index is 12.3. The molecule has 29 heavy (non-hydrogen) atoms. The van der Waals surface area contributed by atoms with Crippen LogP contribution in [0.25, 0.3) is 0 Å². The van der Waals surface area contributed by atoms with E-state index in [-0.39, 0.29) is 28.7 Å². The van der Waals surface area contributed by atoms with Crippen LogP contribution in [0.15, 0.2) is 66.7 Å². The molecule has 0 radical (unpaired) electrons. The molecule has 1 amide bonds. The Labute approximate surface area is 171 Å². The molecule has 1 N–H and O–H groups in total. The second kappa shape index (κ2) is 8.53. The van der Waals surface area contributed by atoms with E-state index < -0.39 is 4.92 Å². The lowest BCUT2D eigenvalue weighted by atomic mass is 10.1. The Bertz CT molecular complexity index is 1100. The quantitative estimate of drug-likeness (QED) is 0.329. The molecule has 3 aromatic carbocycles. The van der Waals surface area contributed by atoms with Gasteiger partial charge >= 0.3 is 5.69 Å². The number of nitro groups is 1. The Morgan fingerprint density at radius 3 is 2.34 bits per heavy atom. The Morgan fingerprint density at radius 2 is 1.72 bits per heavy atom. The molecular formula is C21H15ClN2O5. The number of ketones is 1. The maximum Gasteiger partial charge on any atom is 0.312 e. The molecule has 8 heteroatoms. The molecule has 7 nitrogen and oxygen atoms in total. The second-order valence-corrected chi connectivity index (χ2v) is 6.46. The van der Waals surface area contributed by atoms with E-state index in [2.05, 4.69) is 5.32 Å². The molecule has 0 unspecified atom stereocenters. The SMILES string of the molecule is CC(=O)c1ccc(Oc2ccc(NC(=O)c3ccccc3Cl)cc2)c([N+](=O)[O-])c1. The molecule has 0 aliphatic rings. The van der Waals surface area contributed by atoms with Crippen LogP contribution < -0.4 is 10.1 Å². The second-order valence-electron chi connectivity index (χ2n) is 6.06. The van der Waals surface area contributed by atoms with Crippen molar-refractivity contribution >= 4 is 34.7 Å². The third kappa shape index (κ3) is 4.77. The Hall–Kier alpha value is -3.71. The van der Waals surface area contributed by atoms with E-state index in [0.717, 1.165) is 0 Å². The van der Waals surface area contributed by atoms with Gasteiger partial charge in [0.15, 0.2) is 5.78 Å². The van der Waals surface area contributed by atoms with Crippen molar-refractivity contribution in [3.63, 3.8) is 0 Å². The van der Waals surface area contributed by atoms with Gasteiger partial charge in [0.25, 0.3) is 5.91 Å². The van der Waals surface area contributed by atoms with E-state index in [1.165, 1.54) is 25.1 Å². The van der Waals surface area contributed by atoms with Gasteiger partial charge in [-0.3, -0.25) is 19.7 Å². The van der Waals surface area contributed by atoms with E-state index in [1.807, 2.05) is 0 Å². The summed E-state index contributed by atoms with van der Waals surface area (Å²) in [5, 5.41) is 14.3. The van der Waals surface area contributed by atoms with Crippen LogP contribution in [0.1, 0.15) is 27.6 Å². The molecule has 0 aliphatic heterocycles. The fourth-order valence-electron chi connectivity index (χ4n) is 2.54. The van der Waals surface area contributed by atoms with Crippen molar-refractivity contribution < 1.29 is 19.2 Å². The van der Waals surface area contributed by atoms with Crippen LogP contribution in [0.3, 0.4) is 0 Å². The number of halogens is 1. The van der Waals surface area contributed by atoms with Crippen LogP contribution in [-0.4, -0.2) is 16.6 Å². The minimum absolute atomic E-state index is 0.00727. The number of Topliss-reactive ketones (excluding diaryl/α,β-unsaturated/α-hetero) is 1. The number of benzene rings is 3. The molecule has 0 fully saturated rings. The highest BCUT2D eigenvalue weighted by Crippen LogP contribution is 2.33. The van der Waals surface area contributed by atoms with Gasteiger partial charge in [-0.15, -0.1) is 0 Å². The van der Waals surface area contributed by atoms with Crippen molar-refractivity contribution in [3.8, 4) is 11.5 Å². The number of carbonyl (C=O) groups excluding carboxylic acids is 2. The van der Waals surface area contributed by atoms with Gasteiger partial charge in [0.05, 0.1) is 15.5 Å². The molecular weight excluding hydrogens is 396 g/mol. The van der Waals surface area contributed by atoms with E-state index in [4.69, 9.17) is 16.3 Å². The van der Waals surface area contributed by atoms with Crippen molar-refractivity contribution in [3.05, 3.63) is 93.0 Å². The molecule has 0 spiro atoms. The number of anilines is 1. The van der Waals surface area contributed by atoms with Gasteiger partial charge in [-0.25, -0.2) is 0 Å².